The maximum Gasteiger partial charge on any atom is 0.358 e. The van der Waals surface area contributed by atoms with Gasteiger partial charge in [0.2, 0.25) is 0 Å². The average Bonchev–Trinajstić information content (AvgIpc) is 3.17. The summed E-state index contributed by atoms with van der Waals surface area (Å²) in [5.41, 5.74) is -1.79. The lowest BCUT2D eigenvalue weighted by Gasteiger charge is -2.34. The van der Waals surface area contributed by atoms with Gasteiger partial charge in [0.15, 0.2) is 12.3 Å². The zero-order valence-electron chi connectivity index (χ0n) is 22.4. The van der Waals surface area contributed by atoms with Crippen LogP contribution in [0.3, 0.4) is 0 Å². The molecule has 0 aliphatic carbocycles. The van der Waals surface area contributed by atoms with Gasteiger partial charge in [-0.25, -0.2) is 4.79 Å². The number of para-hydroxylation sites is 1. The molecular formula is C28H38N2O7S. The topological polar surface area (TPSA) is 101 Å². The van der Waals surface area contributed by atoms with Crippen LogP contribution in [0.4, 0.5) is 0 Å². The molecule has 208 valence electrons. The summed E-state index contributed by atoms with van der Waals surface area (Å²) in [4.78, 5) is 27.4. The Morgan fingerprint density at radius 3 is 2.58 bits per heavy atom. The second-order valence-corrected chi connectivity index (χ2v) is 9.68. The van der Waals surface area contributed by atoms with E-state index in [1.54, 1.807) is 25.1 Å². The van der Waals surface area contributed by atoms with E-state index in [2.05, 4.69) is 25.4 Å². The van der Waals surface area contributed by atoms with Crippen LogP contribution in [0.15, 0.2) is 58.8 Å². The van der Waals surface area contributed by atoms with Crippen molar-refractivity contribution in [2.75, 3.05) is 19.8 Å². The molecular weight excluding hydrogens is 508 g/mol. The fourth-order valence-corrected chi connectivity index (χ4v) is 4.54. The number of aryl methyl sites for hydroxylation is 1. The number of unbranched alkanes of at least 4 members (excludes halogenated alkanes) is 2. The van der Waals surface area contributed by atoms with Crippen LogP contribution in [0, 0.1) is 6.92 Å². The van der Waals surface area contributed by atoms with E-state index >= 15 is 0 Å². The molecule has 0 radical (unpaired) electrons. The van der Waals surface area contributed by atoms with Crippen molar-refractivity contribution >= 4 is 17.5 Å². The summed E-state index contributed by atoms with van der Waals surface area (Å²) in [5, 5.41) is -0.144. The number of hydrogen-bond donors (Lipinski definition) is 1. The van der Waals surface area contributed by atoms with Gasteiger partial charge in [0, 0.05) is 37.2 Å². The summed E-state index contributed by atoms with van der Waals surface area (Å²) >= 11 is 5.45. The number of rotatable bonds is 14. The number of aromatic amines is 1. The van der Waals surface area contributed by atoms with Gasteiger partial charge < -0.3 is 23.7 Å². The third-order valence-corrected chi connectivity index (χ3v) is 6.50. The normalized spacial score (nSPS) is 22.8. The largest absolute Gasteiger partial charge is 0.446 e. The lowest BCUT2D eigenvalue weighted by atomic mass is 9.92. The monoisotopic (exact) mass is 546 g/mol. The van der Waals surface area contributed by atoms with Gasteiger partial charge in [-0.15, -0.1) is 6.58 Å². The lowest BCUT2D eigenvalue weighted by molar-refractivity contribution is -0.151. The maximum absolute atomic E-state index is 13.0. The molecule has 4 atom stereocenters. The fourth-order valence-electron chi connectivity index (χ4n) is 4.33. The standard InChI is InChI=1S/C28H38N2O7S/c1-5-8-16-33-19-28(15-7-3)23(34-17-9-6-2)22(36-27(38)35-21-13-11-10-12-14-21)25(37-28)30-18-20(4)24(31)29-26(30)32/h7,10-14,18,22-23,25H,3,5-6,8-9,15-17,19H2,1-2,4H3,(H,29,31,32)/t22-,23?,25+,28+/m0/s1. The Hall–Kier alpha value is -2.79. The first-order valence-electron chi connectivity index (χ1n) is 13.1. The first-order chi connectivity index (χ1) is 18.3. The molecule has 0 spiro atoms. The molecule has 9 nitrogen and oxygen atoms in total. The van der Waals surface area contributed by atoms with Crippen molar-refractivity contribution in [2.45, 2.75) is 76.9 Å². The summed E-state index contributed by atoms with van der Waals surface area (Å²) in [7, 11) is 0. The fraction of sp³-hybridized carbons (Fsp3) is 0.536. The van der Waals surface area contributed by atoms with Crippen molar-refractivity contribution in [3.63, 3.8) is 0 Å². The number of hydrogen-bond acceptors (Lipinski definition) is 8. The predicted molar refractivity (Wildman–Crippen MR) is 149 cm³/mol. The van der Waals surface area contributed by atoms with Crippen LogP contribution in [-0.4, -0.2) is 52.4 Å². The molecule has 3 rings (SSSR count). The van der Waals surface area contributed by atoms with E-state index in [0.717, 1.165) is 25.7 Å². The molecule has 1 N–H and O–H groups in total. The van der Waals surface area contributed by atoms with Crippen molar-refractivity contribution in [3.8, 4) is 5.75 Å². The highest BCUT2D eigenvalue weighted by Gasteiger charge is 2.58. The average molecular weight is 547 g/mol. The quantitative estimate of drug-likeness (QED) is 0.211. The van der Waals surface area contributed by atoms with Gasteiger partial charge in [-0.3, -0.25) is 14.3 Å². The van der Waals surface area contributed by atoms with Crippen LogP contribution in [0.1, 0.15) is 57.7 Å². The summed E-state index contributed by atoms with van der Waals surface area (Å²) in [6.07, 6.45) is 4.62. The van der Waals surface area contributed by atoms with Gasteiger partial charge in [-0.05, 0) is 38.3 Å². The first kappa shape index (κ1) is 29.8. The minimum atomic E-state index is -1.02. The predicted octanol–water partition coefficient (Wildman–Crippen LogP) is 4.44. The van der Waals surface area contributed by atoms with Crippen molar-refractivity contribution in [2.24, 2.45) is 0 Å². The Balaban J connectivity index is 2.04. The molecule has 1 aromatic heterocycles. The van der Waals surface area contributed by atoms with Crippen LogP contribution in [0.2, 0.25) is 0 Å². The number of H-pyrrole nitrogens is 1. The molecule has 1 unspecified atom stereocenters. The second kappa shape index (κ2) is 14.4. The van der Waals surface area contributed by atoms with Crippen LogP contribution in [-0.2, 0) is 18.9 Å². The SMILES string of the molecule is C=CC[C@]1(COCCCC)O[C@@H](n2cc(C)c(=O)[nH]c2=O)[C@@H](OC(=S)Oc2ccccc2)C1OCCCC. The van der Waals surface area contributed by atoms with Crippen LogP contribution in [0.5, 0.6) is 5.75 Å². The van der Waals surface area contributed by atoms with E-state index in [4.69, 9.17) is 35.9 Å². The molecule has 10 heteroatoms. The van der Waals surface area contributed by atoms with Crippen LogP contribution in [0.25, 0.3) is 0 Å². The molecule has 1 saturated heterocycles. The minimum Gasteiger partial charge on any atom is -0.446 e. The Labute approximate surface area is 228 Å². The van der Waals surface area contributed by atoms with Crippen LogP contribution >= 0.6 is 12.2 Å². The third-order valence-electron chi connectivity index (χ3n) is 6.32. The zero-order chi connectivity index (χ0) is 27.5. The molecule has 1 aliphatic heterocycles. The van der Waals surface area contributed by atoms with Gasteiger partial charge in [0.05, 0.1) is 6.61 Å². The summed E-state index contributed by atoms with van der Waals surface area (Å²) < 4.78 is 32.3. The Morgan fingerprint density at radius 2 is 1.89 bits per heavy atom. The highest BCUT2D eigenvalue weighted by atomic mass is 32.1. The molecule has 2 aromatic rings. The molecule has 0 amide bonds. The second-order valence-electron chi connectivity index (χ2n) is 9.34. The van der Waals surface area contributed by atoms with Gasteiger partial charge in [0.25, 0.3) is 5.56 Å². The molecule has 0 saturated carbocycles. The van der Waals surface area contributed by atoms with E-state index in [9.17, 15) is 9.59 Å². The van der Waals surface area contributed by atoms with Crippen molar-refractivity contribution < 1.29 is 23.7 Å². The Bertz CT molecular complexity index is 1170. The number of nitrogens with zero attached hydrogens (tertiary/aromatic N) is 1. The summed E-state index contributed by atoms with van der Waals surface area (Å²) in [5.74, 6) is 0.508. The van der Waals surface area contributed by atoms with E-state index in [1.165, 1.54) is 10.8 Å². The van der Waals surface area contributed by atoms with Crippen molar-refractivity contribution in [1.82, 2.24) is 9.55 Å². The van der Waals surface area contributed by atoms with Crippen molar-refractivity contribution in [1.29, 1.82) is 0 Å². The molecule has 1 aliphatic rings. The zero-order valence-corrected chi connectivity index (χ0v) is 23.2. The van der Waals surface area contributed by atoms with Gasteiger partial charge >= 0.3 is 10.9 Å². The molecule has 0 bridgehead atoms. The van der Waals surface area contributed by atoms with Crippen molar-refractivity contribution in [3.05, 3.63) is 75.6 Å². The Kier molecular flexibility index (Phi) is 11.3. The number of benzene rings is 1. The molecule has 38 heavy (non-hydrogen) atoms. The van der Waals surface area contributed by atoms with Gasteiger partial charge in [0.1, 0.15) is 17.5 Å². The lowest BCUT2D eigenvalue weighted by Crippen LogP contribution is -2.49. The smallest absolute Gasteiger partial charge is 0.358 e. The highest BCUT2D eigenvalue weighted by molar-refractivity contribution is 7.79. The van der Waals surface area contributed by atoms with Gasteiger partial charge in [-0.1, -0.05) is 51.0 Å². The van der Waals surface area contributed by atoms with E-state index in [0.29, 0.717) is 30.9 Å². The molecule has 1 aromatic carbocycles. The minimum absolute atomic E-state index is 0.144. The number of thiocarbonyl (C=S) groups is 1. The summed E-state index contributed by atoms with van der Waals surface area (Å²) in [6.45, 7) is 10.9. The Morgan fingerprint density at radius 1 is 1.18 bits per heavy atom. The first-order valence-corrected chi connectivity index (χ1v) is 13.5. The van der Waals surface area contributed by atoms with Gasteiger partial charge in [-0.2, -0.15) is 0 Å². The number of ether oxygens (including phenoxy) is 5. The number of nitrogens with one attached hydrogen (secondary N) is 1. The maximum atomic E-state index is 13.0. The van der Waals surface area contributed by atoms with E-state index in [1.807, 2.05) is 18.2 Å². The molecule has 2 heterocycles. The summed E-state index contributed by atoms with van der Waals surface area (Å²) in [6, 6.07) is 9.02. The van der Waals surface area contributed by atoms with Crippen LogP contribution < -0.4 is 16.0 Å². The van der Waals surface area contributed by atoms with E-state index in [-0.39, 0.29) is 11.8 Å². The highest BCUT2D eigenvalue weighted by Crippen LogP contribution is 2.43. The molecule has 1 fully saturated rings. The third kappa shape index (κ3) is 7.41. The van der Waals surface area contributed by atoms with E-state index < -0.39 is 35.3 Å². The number of aromatic nitrogens is 2.